The number of nitrogens with one attached hydrogen (secondary N) is 2. The molecule has 2 aliphatic rings. The summed E-state index contributed by atoms with van der Waals surface area (Å²) < 4.78 is 39.8. The van der Waals surface area contributed by atoms with Crippen molar-refractivity contribution in [3.63, 3.8) is 0 Å². The van der Waals surface area contributed by atoms with E-state index in [4.69, 9.17) is 0 Å². The van der Waals surface area contributed by atoms with Crippen molar-refractivity contribution in [2.45, 2.75) is 51.4 Å². The molecule has 1 saturated carbocycles. The molecule has 4 nitrogen and oxygen atoms in total. The Morgan fingerprint density at radius 2 is 2.07 bits per heavy atom. The molecule has 1 aliphatic heterocycles. The number of hydrogen-bond acceptors (Lipinski definition) is 4. The topological polar surface area (TPSA) is 44.4 Å². The number of carbonyl (C=O) groups is 1. The number of anilines is 1. The molecule has 2 fully saturated rings. The van der Waals surface area contributed by atoms with Crippen LogP contribution in [0.1, 0.15) is 38.0 Å². The summed E-state index contributed by atoms with van der Waals surface area (Å²) in [6, 6.07) is 1.51. The summed E-state index contributed by atoms with van der Waals surface area (Å²) in [5, 5.41) is 7.77. The molecule has 1 amide bonds. The van der Waals surface area contributed by atoms with Crippen molar-refractivity contribution in [3.8, 4) is 0 Å². The van der Waals surface area contributed by atoms with Crippen molar-refractivity contribution in [1.82, 2.24) is 10.6 Å². The van der Waals surface area contributed by atoms with E-state index in [-0.39, 0.29) is 23.9 Å². The van der Waals surface area contributed by atoms with Crippen molar-refractivity contribution < 1.29 is 18.0 Å². The number of alkyl halides is 3. The summed E-state index contributed by atoms with van der Waals surface area (Å²) >= 11 is 0.761. The molecular weight excluding hydrogens is 375 g/mol. The van der Waals surface area contributed by atoms with Gasteiger partial charge < -0.3 is 15.5 Å². The first-order chi connectivity index (χ1) is 12.7. The summed E-state index contributed by atoms with van der Waals surface area (Å²) in [6.45, 7) is 5.45. The number of fused-ring (bicyclic) bond motifs is 1. The lowest BCUT2D eigenvalue weighted by atomic mass is 9.95. The Hall–Kier alpha value is -1.28. The monoisotopic (exact) mass is 403 g/mol. The van der Waals surface area contributed by atoms with Gasteiger partial charge in [0.15, 0.2) is 0 Å². The van der Waals surface area contributed by atoms with E-state index in [1.165, 1.54) is 5.38 Å². The summed E-state index contributed by atoms with van der Waals surface area (Å²) in [7, 11) is 1.64. The van der Waals surface area contributed by atoms with Crippen LogP contribution in [-0.2, 0) is 11.0 Å². The van der Waals surface area contributed by atoms with Gasteiger partial charge >= 0.3 is 6.18 Å². The molecule has 2 heterocycles. The molecule has 27 heavy (non-hydrogen) atoms. The fraction of sp³-hybridized carbons (Fsp3) is 0.737. The molecular formula is C19H28F3N3OS. The second-order valence-corrected chi connectivity index (χ2v) is 9.02. The predicted octanol–water partition coefficient (Wildman–Crippen LogP) is 3.73. The van der Waals surface area contributed by atoms with E-state index in [2.05, 4.69) is 24.5 Å². The third-order valence-corrected chi connectivity index (χ3v) is 6.73. The van der Waals surface area contributed by atoms with Crippen LogP contribution < -0.4 is 15.5 Å². The van der Waals surface area contributed by atoms with Crippen LogP contribution in [0.4, 0.5) is 18.9 Å². The zero-order valence-corrected chi connectivity index (χ0v) is 16.8. The number of rotatable bonds is 6. The van der Waals surface area contributed by atoms with E-state index in [1.54, 1.807) is 13.1 Å². The third kappa shape index (κ3) is 4.42. The van der Waals surface area contributed by atoms with E-state index in [0.717, 1.165) is 30.6 Å². The van der Waals surface area contributed by atoms with Gasteiger partial charge in [-0.1, -0.05) is 13.8 Å². The van der Waals surface area contributed by atoms with Crippen LogP contribution in [0.15, 0.2) is 11.4 Å². The Labute approximate surface area is 162 Å². The van der Waals surface area contributed by atoms with E-state index < -0.39 is 11.1 Å². The van der Waals surface area contributed by atoms with E-state index >= 15 is 0 Å². The molecule has 2 N–H and O–H groups in total. The SMILES string of the molecule is CNC(=O)[C@H](CC(C)C)N[C@H]1CC[C@@H]2CN(c3ccsc3C(F)(F)F)C[C@@H]21. The summed E-state index contributed by atoms with van der Waals surface area (Å²) in [5.74, 6) is 1.04. The molecule has 0 unspecified atom stereocenters. The highest BCUT2D eigenvalue weighted by Gasteiger charge is 2.46. The molecule has 0 aromatic carbocycles. The highest BCUT2D eigenvalue weighted by molar-refractivity contribution is 7.10. The molecule has 1 aromatic rings. The van der Waals surface area contributed by atoms with Crippen LogP contribution in [0.3, 0.4) is 0 Å². The fourth-order valence-corrected chi connectivity index (χ4v) is 5.37. The van der Waals surface area contributed by atoms with Crippen LogP contribution >= 0.6 is 11.3 Å². The minimum absolute atomic E-state index is 0.0146. The quantitative estimate of drug-likeness (QED) is 0.761. The minimum Gasteiger partial charge on any atom is -0.370 e. The molecule has 3 rings (SSSR count). The largest absolute Gasteiger partial charge is 0.427 e. The number of nitrogens with zero attached hydrogens (tertiary/aromatic N) is 1. The second-order valence-electron chi connectivity index (χ2n) is 8.11. The maximum Gasteiger partial charge on any atom is 0.427 e. The lowest BCUT2D eigenvalue weighted by Crippen LogP contribution is -2.50. The van der Waals surface area contributed by atoms with Gasteiger partial charge in [-0.2, -0.15) is 13.2 Å². The maximum absolute atomic E-state index is 13.3. The molecule has 1 saturated heterocycles. The fourth-order valence-electron chi connectivity index (χ4n) is 4.59. The first-order valence-corrected chi connectivity index (χ1v) is 10.5. The summed E-state index contributed by atoms with van der Waals surface area (Å²) in [4.78, 5) is 13.6. The highest BCUT2D eigenvalue weighted by Crippen LogP contribution is 2.45. The lowest BCUT2D eigenvalue weighted by molar-refractivity contribution is -0.133. The zero-order chi connectivity index (χ0) is 19.8. The first kappa shape index (κ1) is 20.5. The van der Waals surface area contributed by atoms with Gasteiger partial charge in [0.2, 0.25) is 5.91 Å². The molecule has 0 spiro atoms. The molecule has 8 heteroatoms. The van der Waals surface area contributed by atoms with Gasteiger partial charge in [-0.25, -0.2) is 0 Å². The van der Waals surface area contributed by atoms with Crippen molar-refractivity contribution >= 4 is 22.9 Å². The van der Waals surface area contributed by atoms with Gasteiger partial charge in [0.1, 0.15) is 4.88 Å². The smallest absolute Gasteiger partial charge is 0.370 e. The molecule has 1 aromatic heterocycles. The van der Waals surface area contributed by atoms with E-state index in [0.29, 0.717) is 30.6 Å². The van der Waals surface area contributed by atoms with Gasteiger partial charge in [-0.3, -0.25) is 4.79 Å². The first-order valence-electron chi connectivity index (χ1n) is 9.58. The second kappa shape index (κ2) is 7.99. The molecule has 0 radical (unpaired) electrons. The highest BCUT2D eigenvalue weighted by atomic mass is 32.1. The average Bonchev–Trinajstić information content (AvgIpc) is 3.28. The average molecular weight is 404 g/mol. The van der Waals surface area contributed by atoms with Gasteiger partial charge in [-0.05, 0) is 48.5 Å². The number of carbonyl (C=O) groups excluding carboxylic acids is 1. The Balaban J connectivity index is 1.70. The number of hydrogen-bond donors (Lipinski definition) is 2. The van der Waals surface area contributed by atoms with Gasteiger partial charge in [0, 0.05) is 26.2 Å². The van der Waals surface area contributed by atoms with Crippen LogP contribution in [0.5, 0.6) is 0 Å². The number of amides is 1. The lowest BCUT2D eigenvalue weighted by Gasteiger charge is -2.28. The van der Waals surface area contributed by atoms with Gasteiger partial charge in [0.05, 0.1) is 11.7 Å². The predicted molar refractivity (Wildman–Crippen MR) is 102 cm³/mol. The Kier molecular flexibility index (Phi) is 6.05. The van der Waals surface area contributed by atoms with Crippen molar-refractivity contribution in [2.24, 2.45) is 17.8 Å². The molecule has 1 aliphatic carbocycles. The van der Waals surface area contributed by atoms with Crippen molar-refractivity contribution in [2.75, 3.05) is 25.0 Å². The number of likely N-dealkylation sites (N-methyl/N-ethyl adjacent to an activating group) is 1. The number of halogens is 3. The van der Waals surface area contributed by atoms with Crippen LogP contribution in [0.2, 0.25) is 0 Å². The summed E-state index contributed by atoms with van der Waals surface area (Å²) in [5.41, 5.74) is 0.311. The van der Waals surface area contributed by atoms with E-state index in [9.17, 15) is 18.0 Å². The Bertz CT molecular complexity index is 661. The Morgan fingerprint density at radius 1 is 1.33 bits per heavy atom. The van der Waals surface area contributed by atoms with Gasteiger partial charge in [-0.15, -0.1) is 11.3 Å². The van der Waals surface area contributed by atoms with Crippen LogP contribution in [0, 0.1) is 17.8 Å². The van der Waals surface area contributed by atoms with Gasteiger partial charge in [0.25, 0.3) is 0 Å². The van der Waals surface area contributed by atoms with Crippen molar-refractivity contribution in [3.05, 3.63) is 16.3 Å². The number of thiophene rings is 1. The third-order valence-electron chi connectivity index (χ3n) is 5.78. The standard InChI is InChI=1S/C19H28F3N3OS/c1-11(2)8-15(18(26)23-3)24-14-5-4-12-9-25(10-13(12)14)16-6-7-27-17(16)19(20,21)22/h6-7,11-15,24H,4-5,8-10H2,1-3H3,(H,23,26)/t12-,13+,14+,15+/m1/s1. The van der Waals surface area contributed by atoms with Crippen LogP contribution in [0.25, 0.3) is 0 Å². The van der Waals surface area contributed by atoms with E-state index in [1.807, 2.05) is 4.90 Å². The molecule has 152 valence electrons. The maximum atomic E-state index is 13.3. The molecule has 4 atom stereocenters. The van der Waals surface area contributed by atoms with Crippen molar-refractivity contribution in [1.29, 1.82) is 0 Å². The zero-order valence-electron chi connectivity index (χ0n) is 16.0. The minimum atomic E-state index is -4.31. The normalized spacial score (nSPS) is 26.5. The summed E-state index contributed by atoms with van der Waals surface area (Å²) in [6.07, 6.45) is -1.59. The Morgan fingerprint density at radius 3 is 2.70 bits per heavy atom. The van der Waals surface area contributed by atoms with Crippen LogP contribution in [-0.4, -0.2) is 38.1 Å². The molecule has 0 bridgehead atoms.